The number of rotatable bonds is 2. The van der Waals surface area contributed by atoms with E-state index in [1.54, 1.807) is 12.2 Å². The third-order valence-electron chi connectivity index (χ3n) is 3.97. The highest BCUT2D eigenvalue weighted by molar-refractivity contribution is 5.87. The average Bonchev–Trinajstić information content (AvgIpc) is 2.46. The minimum Gasteiger partial charge on any atom is -0.478 e. The van der Waals surface area contributed by atoms with Crippen molar-refractivity contribution in [2.45, 2.75) is 25.0 Å². The van der Waals surface area contributed by atoms with Crippen LogP contribution in [0.2, 0.25) is 0 Å². The van der Waals surface area contributed by atoms with Crippen LogP contribution in [-0.4, -0.2) is 22.5 Å². The Balaban J connectivity index is 1.94. The molecule has 0 bridgehead atoms. The molecule has 20 heavy (non-hydrogen) atoms. The van der Waals surface area contributed by atoms with E-state index in [9.17, 15) is 9.90 Å². The van der Waals surface area contributed by atoms with E-state index in [2.05, 4.69) is 0 Å². The van der Waals surface area contributed by atoms with Gasteiger partial charge in [0.05, 0.1) is 0 Å². The number of aliphatic hydroxyl groups excluding tert-OH is 1. The van der Waals surface area contributed by atoms with Crippen molar-refractivity contribution in [1.82, 2.24) is 0 Å². The topological polar surface area (TPSA) is 66.8 Å². The van der Waals surface area contributed by atoms with Crippen molar-refractivity contribution in [3.63, 3.8) is 0 Å². The maximum Gasteiger partial charge on any atom is 0.331 e. The van der Waals surface area contributed by atoms with Crippen LogP contribution in [0.1, 0.15) is 24.3 Å². The molecule has 4 heteroatoms. The normalized spacial score (nSPS) is 28.8. The zero-order valence-electron chi connectivity index (χ0n) is 10.9. The summed E-state index contributed by atoms with van der Waals surface area (Å²) in [7, 11) is 0. The SMILES string of the molecule is O=C(O)C1=CC=C2OC(O)CC(c3ccccc3)C2C1. The summed E-state index contributed by atoms with van der Waals surface area (Å²) < 4.78 is 5.45. The van der Waals surface area contributed by atoms with Crippen molar-refractivity contribution in [3.05, 3.63) is 59.4 Å². The number of hydrogen-bond acceptors (Lipinski definition) is 3. The fourth-order valence-electron chi connectivity index (χ4n) is 2.99. The average molecular weight is 272 g/mol. The summed E-state index contributed by atoms with van der Waals surface area (Å²) in [5.41, 5.74) is 1.50. The molecular weight excluding hydrogens is 256 g/mol. The molecule has 3 unspecified atom stereocenters. The van der Waals surface area contributed by atoms with Crippen LogP contribution in [0.5, 0.6) is 0 Å². The van der Waals surface area contributed by atoms with Crippen LogP contribution in [0.4, 0.5) is 0 Å². The molecule has 104 valence electrons. The highest BCUT2D eigenvalue weighted by atomic mass is 16.6. The van der Waals surface area contributed by atoms with Gasteiger partial charge in [-0.2, -0.15) is 0 Å². The molecule has 1 fully saturated rings. The largest absolute Gasteiger partial charge is 0.478 e. The number of hydrogen-bond donors (Lipinski definition) is 2. The van der Waals surface area contributed by atoms with Gasteiger partial charge >= 0.3 is 5.97 Å². The van der Waals surface area contributed by atoms with Crippen LogP contribution in [-0.2, 0) is 9.53 Å². The van der Waals surface area contributed by atoms with E-state index in [0.717, 1.165) is 5.56 Å². The van der Waals surface area contributed by atoms with Gasteiger partial charge in [0.25, 0.3) is 0 Å². The number of benzene rings is 1. The van der Waals surface area contributed by atoms with Crippen LogP contribution in [0.3, 0.4) is 0 Å². The van der Waals surface area contributed by atoms with Crippen molar-refractivity contribution in [2.24, 2.45) is 5.92 Å². The Labute approximate surface area is 117 Å². The first kappa shape index (κ1) is 12.9. The second kappa shape index (κ2) is 5.13. The van der Waals surface area contributed by atoms with Gasteiger partial charge in [-0.1, -0.05) is 30.3 Å². The molecule has 4 nitrogen and oxygen atoms in total. The number of aliphatic carboxylic acids is 1. The molecule has 0 saturated carbocycles. The van der Waals surface area contributed by atoms with Crippen LogP contribution < -0.4 is 0 Å². The minimum absolute atomic E-state index is 0.0168. The van der Waals surface area contributed by atoms with Gasteiger partial charge in [-0.25, -0.2) is 4.79 Å². The fourth-order valence-corrected chi connectivity index (χ4v) is 2.99. The Morgan fingerprint density at radius 2 is 1.90 bits per heavy atom. The summed E-state index contributed by atoms with van der Waals surface area (Å²) in [5.74, 6) is -0.146. The molecule has 0 radical (unpaired) electrons. The summed E-state index contributed by atoms with van der Waals surface area (Å²) >= 11 is 0. The smallest absolute Gasteiger partial charge is 0.331 e. The van der Waals surface area contributed by atoms with Crippen LogP contribution in [0, 0.1) is 5.92 Å². The number of carboxylic acid groups (broad SMARTS) is 1. The summed E-state index contributed by atoms with van der Waals surface area (Å²) in [6.07, 6.45) is 3.33. The first-order valence-electron chi connectivity index (χ1n) is 6.69. The van der Waals surface area contributed by atoms with Crippen LogP contribution in [0.15, 0.2) is 53.8 Å². The van der Waals surface area contributed by atoms with Crippen LogP contribution in [0.25, 0.3) is 0 Å². The van der Waals surface area contributed by atoms with E-state index in [0.29, 0.717) is 24.2 Å². The van der Waals surface area contributed by atoms with E-state index in [1.807, 2.05) is 30.3 Å². The first-order valence-corrected chi connectivity index (χ1v) is 6.69. The lowest BCUT2D eigenvalue weighted by Crippen LogP contribution is -2.32. The van der Waals surface area contributed by atoms with Gasteiger partial charge in [0, 0.05) is 17.9 Å². The van der Waals surface area contributed by atoms with E-state index >= 15 is 0 Å². The molecule has 1 aromatic rings. The monoisotopic (exact) mass is 272 g/mol. The Kier molecular flexibility index (Phi) is 3.32. The third kappa shape index (κ3) is 2.34. The Morgan fingerprint density at radius 3 is 2.60 bits per heavy atom. The molecule has 2 aliphatic rings. The molecular formula is C16H16O4. The van der Waals surface area contributed by atoms with Gasteiger partial charge in [-0.05, 0) is 30.1 Å². The summed E-state index contributed by atoms with van der Waals surface area (Å²) in [6, 6.07) is 9.88. The summed E-state index contributed by atoms with van der Waals surface area (Å²) in [4.78, 5) is 11.1. The number of carboxylic acids is 1. The van der Waals surface area contributed by atoms with Gasteiger partial charge in [0.15, 0.2) is 6.29 Å². The lowest BCUT2D eigenvalue weighted by molar-refractivity contribution is -0.133. The van der Waals surface area contributed by atoms with Crippen molar-refractivity contribution in [1.29, 1.82) is 0 Å². The molecule has 1 aromatic carbocycles. The quantitative estimate of drug-likeness (QED) is 0.867. The highest BCUT2D eigenvalue weighted by Crippen LogP contribution is 2.44. The zero-order chi connectivity index (χ0) is 14.1. The maximum atomic E-state index is 11.1. The standard InChI is InChI=1S/C16H16O4/c17-15-9-12(10-4-2-1-3-5-10)13-8-11(16(18)19)6-7-14(13)20-15/h1-7,12-13,15,17H,8-9H2,(H,18,19). The summed E-state index contributed by atoms with van der Waals surface area (Å²) in [6.45, 7) is 0. The molecule has 0 aromatic heterocycles. The number of fused-ring (bicyclic) bond motifs is 1. The minimum atomic E-state index is -0.891. The first-order chi connectivity index (χ1) is 9.65. The van der Waals surface area contributed by atoms with Gasteiger partial charge < -0.3 is 14.9 Å². The maximum absolute atomic E-state index is 11.1. The number of carbonyl (C=O) groups is 1. The second-order valence-electron chi connectivity index (χ2n) is 5.20. The van der Waals surface area contributed by atoms with Crippen molar-refractivity contribution in [3.8, 4) is 0 Å². The highest BCUT2D eigenvalue weighted by Gasteiger charge is 2.38. The van der Waals surface area contributed by atoms with E-state index in [1.165, 1.54) is 0 Å². The molecule has 3 rings (SSSR count). The Hall–Kier alpha value is -2.07. The van der Waals surface area contributed by atoms with Gasteiger partial charge in [0.2, 0.25) is 0 Å². The number of allylic oxidation sites excluding steroid dienone is 3. The summed E-state index contributed by atoms with van der Waals surface area (Å²) in [5, 5.41) is 19.0. The molecule has 3 atom stereocenters. The Morgan fingerprint density at radius 1 is 1.15 bits per heavy atom. The van der Waals surface area contributed by atoms with E-state index in [-0.39, 0.29) is 11.8 Å². The van der Waals surface area contributed by atoms with Crippen molar-refractivity contribution >= 4 is 5.97 Å². The molecule has 2 N–H and O–H groups in total. The number of ether oxygens (including phenoxy) is 1. The molecule has 1 heterocycles. The second-order valence-corrected chi connectivity index (χ2v) is 5.20. The fraction of sp³-hybridized carbons (Fsp3) is 0.312. The predicted molar refractivity (Wildman–Crippen MR) is 72.8 cm³/mol. The van der Waals surface area contributed by atoms with Gasteiger partial charge in [-0.3, -0.25) is 0 Å². The van der Waals surface area contributed by atoms with Gasteiger partial charge in [-0.15, -0.1) is 0 Å². The third-order valence-corrected chi connectivity index (χ3v) is 3.97. The van der Waals surface area contributed by atoms with Crippen LogP contribution >= 0.6 is 0 Å². The van der Waals surface area contributed by atoms with Crippen molar-refractivity contribution < 1.29 is 19.7 Å². The molecule has 1 saturated heterocycles. The lowest BCUT2D eigenvalue weighted by Gasteiger charge is -2.38. The zero-order valence-corrected chi connectivity index (χ0v) is 10.9. The van der Waals surface area contributed by atoms with Crippen molar-refractivity contribution in [2.75, 3.05) is 0 Å². The Bertz CT molecular complexity index is 573. The molecule has 0 spiro atoms. The molecule has 1 aliphatic heterocycles. The van der Waals surface area contributed by atoms with E-state index < -0.39 is 12.3 Å². The van der Waals surface area contributed by atoms with Gasteiger partial charge in [0.1, 0.15) is 5.76 Å². The number of aliphatic hydroxyl groups is 1. The molecule has 1 aliphatic carbocycles. The predicted octanol–water partition coefficient (Wildman–Crippen LogP) is 2.42. The van der Waals surface area contributed by atoms with E-state index in [4.69, 9.17) is 9.84 Å². The lowest BCUT2D eigenvalue weighted by atomic mass is 9.75. The molecule has 0 amide bonds.